The van der Waals surface area contributed by atoms with Gasteiger partial charge in [-0.05, 0) is 13.0 Å². The van der Waals surface area contributed by atoms with Gasteiger partial charge in [0, 0.05) is 5.57 Å². The predicted molar refractivity (Wildman–Crippen MR) is 76.7 cm³/mol. The highest BCUT2D eigenvalue weighted by molar-refractivity contribution is 6.49. The maximum atomic E-state index is 11.6. The summed E-state index contributed by atoms with van der Waals surface area (Å²) in [7, 11) is 0. The van der Waals surface area contributed by atoms with Crippen LogP contribution in [0.15, 0.2) is 33.6 Å². The molecule has 20 heavy (non-hydrogen) atoms. The van der Waals surface area contributed by atoms with Crippen molar-refractivity contribution in [3.8, 4) is 0 Å². The molecular weight excluding hydrogens is 282 g/mol. The largest absolute Gasteiger partial charge is 0.396 e. The molecule has 8 heteroatoms. The van der Waals surface area contributed by atoms with Crippen molar-refractivity contribution >= 4 is 34.6 Å². The van der Waals surface area contributed by atoms with Crippen molar-refractivity contribution < 1.29 is 9.90 Å². The van der Waals surface area contributed by atoms with Gasteiger partial charge in [0.25, 0.3) is 0 Å². The second-order valence-electron chi connectivity index (χ2n) is 4.24. The second-order valence-corrected chi connectivity index (χ2v) is 4.62. The average molecular weight is 296 g/mol. The maximum Gasteiger partial charge on any atom is 0.202 e. The summed E-state index contributed by atoms with van der Waals surface area (Å²) in [6.45, 7) is 1.82. The van der Waals surface area contributed by atoms with Crippen molar-refractivity contribution in [3.63, 3.8) is 0 Å². The number of aliphatic hydroxyl groups excluding tert-OH is 1. The van der Waals surface area contributed by atoms with E-state index in [2.05, 4.69) is 10.1 Å². The molecule has 2 rings (SSSR count). The Kier molecular flexibility index (Phi) is 3.91. The lowest BCUT2D eigenvalue weighted by Crippen LogP contribution is -2.20. The van der Waals surface area contributed by atoms with Crippen LogP contribution in [-0.2, 0) is 11.3 Å². The fourth-order valence-corrected chi connectivity index (χ4v) is 1.97. The lowest BCUT2D eigenvalue weighted by molar-refractivity contribution is -0.111. The van der Waals surface area contributed by atoms with Crippen molar-refractivity contribution in [1.82, 2.24) is 9.78 Å². The van der Waals surface area contributed by atoms with E-state index in [0.717, 1.165) is 0 Å². The number of aromatic nitrogens is 2. The van der Waals surface area contributed by atoms with Crippen molar-refractivity contribution in [2.45, 2.75) is 13.5 Å². The average Bonchev–Trinajstić information content (AvgIpc) is 2.76. The summed E-state index contributed by atoms with van der Waals surface area (Å²) < 4.78 is 1.42. The normalized spacial score (nSPS) is 17.9. The molecule has 0 saturated heterocycles. The molecule has 0 saturated carbocycles. The molecule has 106 valence electrons. The molecule has 0 unspecified atom stereocenters. The summed E-state index contributed by atoms with van der Waals surface area (Å²) in [5.41, 5.74) is 13.0. The van der Waals surface area contributed by atoms with Gasteiger partial charge in [-0.15, -0.1) is 0 Å². The zero-order valence-corrected chi connectivity index (χ0v) is 11.6. The van der Waals surface area contributed by atoms with Gasteiger partial charge in [0.15, 0.2) is 0 Å². The molecule has 1 aliphatic rings. The van der Waals surface area contributed by atoms with E-state index in [1.165, 1.54) is 10.9 Å². The molecule has 0 aromatic carbocycles. The minimum absolute atomic E-state index is 0.0509. The first-order chi connectivity index (χ1) is 9.45. The Balaban J connectivity index is 2.43. The number of carbonyl (C=O) groups is 1. The number of hydrogen-bond donors (Lipinski definition) is 3. The van der Waals surface area contributed by atoms with Crippen LogP contribution in [0, 0.1) is 0 Å². The van der Waals surface area contributed by atoms with Crippen LogP contribution in [-0.4, -0.2) is 33.0 Å². The van der Waals surface area contributed by atoms with Gasteiger partial charge in [0.05, 0.1) is 30.8 Å². The third kappa shape index (κ3) is 2.45. The summed E-state index contributed by atoms with van der Waals surface area (Å²) in [6, 6.07) is 0. The number of allylic oxidation sites excluding steroid dienone is 3. The fourth-order valence-electron chi connectivity index (χ4n) is 1.72. The van der Waals surface area contributed by atoms with Crippen LogP contribution >= 0.6 is 11.6 Å². The van der Waals surface area contributed by atoms with E-state index in [-0.39, 0.29) is 29.7 Å². The van der Waals surface area contributed by atoms with Crippen molar-refractivity contribution in [1.29, 1.82) is 0 Å². The zero-order chi connectivity index (χ0) is 14.9. The van der Waals surface area contributed by atoms with E-state index in [4.69, 9.17) is 28.2 Å². The summed E-state index contributed by atoms with van der Waals surface area (Å²) in [5, 5.41) is 12.8. The molecule has 1 aromatic heterocycles. The highest BCUT2D eigenvalue weighted by atomic mass is 35.5. The van der Waals surface area contributed by atoms with E-state index in [9.17, 15) is 4.79 Å². The van der Waals surface area contributed by atoms with Crippen LogP contribution in [0.2, 0.25) is 0 Å². The Bertz CT molecular complexity index is 657. The second kappa shape index (κ2) is 5.48. The van der Waals surface area contributed by atoms with Crippen LogP contribution in [0.1, 0.15) is 6.92 Å². The van der Waals surface area contributed by atoms with Gasteiger partial charge in [0.2, 0.25) is 5.78 Å². The molecule has 5 N–H and O–H groups in total. The number of hydrogen-bond acceptors (Lipinski definition) is 6. The number of anilines is 1. The monoisotopic (exact) mass is 295 g/mol. The van der Waals surface area contributed by atoms with Gasteiger partial charge in [-0.25, -0.2) is 9.67 Å². The number of nitrogen functional groups attached to an aromatic ring is 1. The number of carbonyl (C=O) groups excluding carboxylic acids is 1. The third-order valence-electron chi connectivity index (χ3n) is 2.84. The van der Waals surface area contributed by atoms with Crippen LogP contribution in [0.25, 0.3) is 0 Å². The van der Waals surface area contributed by atoms with Crippen LogP contribution in [0.5, 0.6) is 0 Å². The molecule has 0 radical (unpaired) electrons. The molecule has 0 aliphatic heterocycles. The number of ketones is 1. The molecule has 7 nitrogen and oxygen atoms in total. The van der Waals surface area contributed by atoms with E-state index in [1.54, 1.807) is 13.0 Å². The van der Waals surface area contributed by atoms with Crippen molar-refractivity contribution in [2.75, 3.05) is 12.3 Å². The van der Waals surface area contributed by atoms with Gasteiger partial charge in [-0.1, -0.05) is 11.6 Å². The number of aliphatic hydroxyl groups is 1. The van der Waals surface area contributed by atoms with Gasteiger partial charge in [-0.3, -0.25) is 4.79 Å². The van der Waals surface area contributed by atoms with E-state index in [0.29, 0.717) is 22.8 Å². The number of rotatable bonds is 3. The third-order valence-corrected chi connectivity index (χ3v) is 3.21. The Labute approximate surface area is 120 Å². The first-order valence-corrected chi connectivity index (χ1v) is 6.23. The summed E-state index contributed by atoms with van der Waals surface area (Å²) in [5.74, 6) is -0.00881. The summed E-state index contributed by atoms with van der Waals surface area (Å²) in [6.07, 6.45) is 3.01. The molecule has 0 atom stereocenters. The quantitative estimate of drug-likeness (QED) is 0.700. The Morgan fingerprint density at radius 1 is 1.50 bits per heavy atom. The van der Waals surface area contributed by atoms with Crippen LogP contribution in [0.3, 0.4) is 0 Å². The van der Waals surface area contributed by atoms with E-state index in [1.807, 2.05) is 0 Å². The smallest absolute Gasteiger partial charge is 0.202 e. The first kappa shape index (κ1) is 14.3. The van der Waals surface area contributed by atoms with Crippen molar-refractivity contribution in [2.24, 2.45) is 10.7 Å². The molecule has 1 aromatic rings. The minimum Gasteiger partial charge on any atom is -0.396 e. The molecule has 0 fully saturated rings. The number of aliphatic imine (C=N–C) groups is 1. The molecule has 0 amide bonds. The van der Waals surface area contributed by atoms with E-state index < -0.39 is 0 Å². The SMILES string of the molecule is CC1=C/C(=N\c2cnn(CCO)c2N)C(N)=C(Cl)C1=O. The van der Waals surface area contributed by atoms with Gasteiger partial charge < -0.3 is 16.6 Å². The zero-order valence-electron chi connectivity index (χ0n) is 10.8. The number of nitrogens with zero attached hydrogens (tertiary/aromatic N) is 3. The molecule has 0 bridgehead atoms. The molecular formula is C12H14ClN5O2. The number of nitrogens with two attached hydrogens (primary N) is 2. The highest BCUT2D eigenvalue weighted by Gasteiger charge is 2.22. The maximum absolute atomic E-state index is 11.6. The van der Waals surface area contributed by atoms with Crippen LogP contribution in [0.4, 0.5) is 11.5 Å². The molecule has 1 heterocycles. The van der Waals surface area contributed by atoms with Gasteiger partial charge >= 0.3 is 0 Å². The molecule has 1 aliphatic carbocycles. The van der Waals surface area contributed by atoms with Gasteiger partial charge in [-0.2, -0.15) is 5.10 Å². The summed E-state index contributed by atoms with van der Waals surface area (Å²) >= 11 is 5.87. The minimum atomic E-state index is -0.313. The molecule has 0 spiro atoms. The predicted octanol–water partition coefficient (Wildman–Crippen LogP) is 0.468. The lowest BCUT2D eigenvalue weighted by Gasteiger charge is -2.12. The Morgan fingerprint density at radius 2 is 2.20 bits per heavy atom. The fraction of sp³-hybridized carbons (Fsp3) is 0.250. The lowest BCUT2D eigenvalue weighted by atomic mass is 10.0. The Morgan fingerprint density at radius 3 is 2.85 bits per heavy atom. The highest BCUT2D eigenvalue weighted by Crippen LogP contribution is 2.25. The summed E-state index contributed by atoms with van der Waals surface area (Å²) in [4.78, 5) is 15.9. The standard InChI is InChI=1S/C12H14ClN5O2/c1-6-4-7(10(14)9(13)11(6)20)17-8-5-16-18(2-3-19)12(8)15/h4-5,19H,2-3,14-15H2,1H3/b17-7+. The van der Waals surface area contributed by atoms with Crippen LogP contribution < -0.4 is 11.5 Å². The number of halogens is 1. The first-order valence-electron chi connectivity index (χ1n) is 5.85. The Hall–Kier alpha value is -2.12. The topological polar surface area (TPSA) is 120 Å². The van der Waals surface area contributed by atoms with Gasteiger partial charge in [0.1, 0.15) is 16.5 Å². The van der Waals surface area contributed by atoms with E-state index >= 15 is 0 Å². The number of Topliss-reactive ketones (excluding diaryl/α,β-unsaturated/α-hetero) is 1. The van der Waals surface area contributed by atoms with Crippen molar-refractivity contribution in [3.05, 3.63) is 28.6 Å².